The van der Waals surface area contributed by atoms with E-state index in [0.717, 1.165) is 10.6 Å². The summed E-state index contributed by atoms with van der Waals surface area (Å²) >= 11 is 1.50. The molecule has 0 bridgehead atoms. The average molecular weight is 405 g/mol. The molecule has 1 aliphatic rings. The fourth-order valence-electron chi connectivity index (χ4n) is 2.75. The summed E-state index contributed by atoms with van der Waals surface area (Å²) in [6.45, 7) is 1.88. The van der Waals surface area contributed by atoms with Crippen LogP contribution in [0.3, 0.4) is 0 Å². The lowest BCUT2D eigenvalue weighted by molar-refractivity contribution is -0.117. The zero-order valence-corrected chi connectivity index (χ0v) is 16.5. The van der Waals surface area contributed by atoms with Gasteiger partial charge in [-0.2, -0.15) is 0 Å². The standard InChI is InChI=1S/C19H20N2O4S2/c1-2-27(24,25)15-9-7-14(8-10-15)20-18(22)11-12-21-16-5-3-4-6-17(16)26-13-19(21)23/h3-10H,2,11-13H2,1H3,(H,20,22). The van der Waals surface area contributed by atoms with E-state index in [-0.39, 0.29) is 28.9 Å². The fourth-order valence-corrected chi connectivity index (χ4v) is 4.57. The Hall–Kier alpha value is -2.32. The summed E-state index contributed by atoms with van der Waals surface area (Å²) in [5.74, 6) is 0.152. The first-order chi connectivity index (χ1) is 12.9. The second kappa shape index (κ2) is 8.14. The minimum atomic E-state index is -3.26. The number of fused-ring (bicyclic) bond motifs is 1. The summed E-state index contributed by atoms with van der Waals surface area (Å²) in [5.41, 5.74) is 1.36. The molecule has 1 aliphatic heterocycles. The molecule has 0 radical (unpaired) electrons. The van der Waals surface area contributed by atoms with Gasteiger partial charge in [-0.3, -0.25) is 9.59 Å². The van der Waals surface area contributed by atoms with Gasteiger partial charge in [-0.25, -0.2) is 8.42 Å². The molecule has 0 aliphatic carbocycles. The summed E-state index contributed by atoms with van der Waals surface area (Å²) in [6, 6.07) is 13.7. The second-order valence-electron chi connectivity index (χ2n) is 6.03. The molecule has 8 heteroatoms. The Morgan fingerprint density at radius 2 is 1.85 bits per heavy atom. The van der Waals surface area contributed by atoms with Crippen molar-refractivity contribution in [2.75, 3.05) is 28.3 Å². The number of thioether (sulfide) groups is 1. The molecule has 0 saturated heterocycles. The van der Waals surface area contributed by atoms with Crippen LogP contribution < -0.4 is 10.2 Å². The van der Waals surface area contributed by atoms with Crippen molar-refractivity contribution >= 4 is 44.8 Å². The maximum atomic E-state index is 12.2. The largest absolute Gasteiger partial charge is 0.326 e. The van der Waals surface area contributed by atoms with Gasteiger partial charge < -0.3 is 10.2 Å². The first-order valence-corrected chi connectivity index (χ1v) is 11.2. The van der Waals surface area contributed by atoms with Crippen LogP contribution in [0.15, 0.2) is 58.3 Å². The zero-order valence-electron chi connectivity index (χ0n) is 14.8. The molecular formula is C19H20N2O4S2. The number of benzene rings is 2. The molecule has 0 spiro atoms. The number of para-hydroxylation sites is 1. The van der Waals surface area contributed by atoms with Crippen LogP contribution in [0.4, 0.5) is 11.4 Å². The molecule has 142 valence electrons. The molecule has 0 fully saturated rings. The van der Waals surface area contributed by atoms with Crippen LogP contribution in [0, 0.1) is 0 Å². The first-order valence-electron chi connectivity index (χ1n) is 8.55. The monoisotopic (exact) mass is 404 g/mol. The number of carbonyl (C=O) groups is 2. The Balaban J connectivity index is 1.61. The Labute approximate surface area is 162 Å². The average Bonchev–Trinajstić information content (AvgIpc) is 2.67. The quantitative estimate of drug-likeness (QED) is 0.800. The van der Waals surface area contributed by atoms with Gasteiger partial charge in [0.1, 0.15) is 0 Å². The van der Waals surface area contributed by atoms with Crippen LogP contribution in [0.5, 0.6) is 0 Å². The van der Waals surface area contributed by atoms with E-state index in [1.165, 1.54) is 23.9 Å². The Morgan fingerprint density at radius 1 is 1.15 bits per heavy atom. The van der Waals surface area contributed by atoms with Crippen molar-refractivity contribution < 1.29 is 18.0 Å². The van der Waals surface area contributed by atoms with E-state index in [1.807, 2.05) is 24.3 Å². The topological polar surface area (TPSA) is 83.6 Å². The molecule has 0 unspecified atom stereocenters. The molecule has 2 amide bonds. The predicted octanol–water partition coefficient (Wildman–Crippen LogP) is 2.95. The van der Waals surface area contributed by atoms with Crippen molar-refractivity contribution in [1.82, 2.24) is 0 Å². The van der Waals surface area contributed by atoms with E-state index in [2.05, 4.69) is 5.32 Å². The molecule has 1 heterocycles. The van der Waals surface area contributed by atoms with Crippen LogP contribution in [0.2, 0.25) is 0 Å². The summed E-state index contributed by atoms with van der Waals surface area (Å²) < 4.78 is 23.6. The van der Waals surface area contributed by atoms with Crippen molar-refractivity contribution in [2.24, 2.45) is 0 Å². The second-order valence-corrected chi connectivity index (χ2v) is 9.32. The Bertz CT molecular complexity index is 956. The van der Waals surface area contributed by atoms with Gasteiger partial charge in [0, 0.05) is 23.5 Å². The fraction of sp³-hybridized carbons (Fsp3) is 0.263. The predicted molar refractivity (Wildman–Crippen MR) is 107 cm³/mol. The van der Waals surface area contributed by atoms with Crippen molar-refractivity contribution in [1.29, 1.82) is 0 Å². The van der Waals surface area contributed by atoms with Crippen molar-refractivity contribution in [3.05, 3.63) is 48.5 Å². The third kappa shape index (κ3) is 4.51. The van der Waals surface area contributed by atoms with E-state index in [4.69, 9.17) is 0 Å². The van der Waals surface area contributed by atoms with E-state index in [9.17, 15) is 18.0 Å². The normalized spacial score (nSPS) is 14.0. The molecule has 2 aromatic rings. The lowest BCUT2D eigenvalue weighted by Crippen LogP contribution is -2.37. The maximum absolute atomic E-state index is 12.2. The van der Waals surface area contributed by atoms with Crippen LogP contribution >= 0.6 is 11.8 Å². The van der Waals surface area contributed by atoms with Crippen LogP contribution in [-0.4, -0.2) is 38.3 Å². The highest BCUT2D eigenvalue weighted by atomic mass is 32.2. The lowest BCUT2D eigenvalue weighted by atomic mass is 10.2. The van der Waals surface area contributed by atoms with E-state index in [1.54, 1.807) is 24.0 Å². The van der Waals surface area contributed by atoms with Gasteiger partial charge in [-0.05, 0) is 36.4 Å². The minimum Gasteiger partial charge on any atom is -0.326 e. The van der Waals surface area contributed by atoms with E-state index in [0.29, 0.717) is 18.0 Å². The Kier molecular flexibility index (Phi) is 5.86. The number of hydrogen-bond acceptors (Lipinski definition) is 5. The molecule has 6 nitrogen and oxygen atoms in total. The van der Waals surface area contributed by atoms with Crippen LogP contribution in [-0.2, 0) is 19.4 Å². The number of hydrogen-bond donors (Lipinski definition) is 1. The smallest absolute Gasteiger partial charge is 0.237 e. The number of anilines is 2. The van der Waals surface area contributed by atoms with Crippen LogP contribution in [0.1, 0.15) is 13.3 Å². The van der Waals surface area contributed by atoms with Crippen molar-refractivity contribution in [3.8, 4) is 0 Å². The highest BCUT2D eigenvalue weighted by Crippen LogP contribution is 2.34. The van der Waals surface area contributed by atoms with Gasteiger partial charge in [0.2, 0.25) is 11.8 Å². The molecule has 27 heavy (non-hydrogen) atoms. The van der Waals surface area contributed by atoms with Gasteiger partial charge in [-0.1, -0.05) is 19.1 Å². The molecule has 0 atom stereocenters. The Morgan fingerprint density at radius 3 is 2.56 bits per heavy atom. The lowest BCUT2D eigenvalue weighted by Gasteiger charge is -2.28. The minimum absolute atomic E-state index is 0.0133. The third-order valence-electron chi connectivity index (χ3n) is 4.25. The zero-order chi connectivity index (χ0) is 19.4. The number of carbonyl (C=O) groups excluding carboxylic acids is 2. The van der Waals surface area contributed by atoms with Gasteiger partial charge >= 0.3 is 0 Å². The van der Waals surface area contributed by atoms with Crippen LogP contribution in [0.25, 0.3) is 0 Å². The molecule has 0 aromatic heterocycles. The maximum Gasteiger partial charge on any atom is 0.237 e. The highest BCUT2D eigenvalue weighted by Gasteiger charge is 2.24. The molecular weight excluding hydrogens is 384 g/mol. The molecule has 1 N–H and O–H groups in total. The summed E-state index contributed by atoms with van der Waals surface area (Å²) in [4.78, 5) is 27.3. The van der Waals surface area contributed by atoms with Crippen molar-refractivity contribution in [3.63, 3.8) is 0 Å². The van der Waals surface area contributed by atoms with Gasteiger partial charge in [-0.15, -0.1) is 11.8 Å². The number of amides is 2. The number of nitrogens with zero attached hydrogens (tertiary/aromatic N) is 1. The number of rotatable bonds is 6. The van der Waals surface area contributed by atoms with Gasteiger partial charge in [0.25, 0.3) is 0 Å². The molecule has 2 aromatic carbocycles. The van der Waals surface area contributed by atoms with Gasteiger partial charge in [0.15, 0.2) is 9.84 Å². The van der Waals surface area contributed by atoms with Crippen molar-refractivity contribution in [2.45, 2.75) is 23.1 Å². The SMILES string of the molecule is CCS(=O)(=O)c1ccc(NC(=O)CCN2C(=O)CSc3ccccc32)cc1. The first kappa shape index (κ1) is 19.4. The molecule has 3 rings (SSSR count). The van der Waals surface area contributed by atoms with E-state index >= 15 is 0 Å². The summed E-state index contributed by atoms with van der Waals surface area (Å²) in [5, 5.41) is 2.74. The summed E-state index contributed by atoms with van der Waals surface area (Å²) in [7, 11) is -3.26. The third-order valence-corrected chi connectivity index (χ3v) is 7.05. The number of nitrogens with one attached hydrogen (secondary N) is 1. The number of sulfone groups is 1. The summed E-state index contributed by atoms with van der Waals surface area (Å²) in [6.07, 6.45) is 0.153. The molecule has 0 saturated carbocycles. The van der Waals surface area contributed by atoms with E-state index < -0.39 is 9.84 Å². The van der Waals surface area contributed by atoms with Gasteiger partial charge in [0.05, 0.1) is 22.1 Å². The highest BCUT2D eigenvalue weighted by molar-refractivity contribution is 8.00.